The van der Waals surface area contributed by atoms with Crippen LogP contribution in [0.5, 0.6) is 0 Å². The number of benzene rings is 1. The number of carbonyl (C=O) groups excluding carboxylic acids is 1. The summed E-state index contributed by atoms with van der Waals surface area (Å²) < 4.78 is 19.3. The first kappa shape index (κ1) is 15.9. The van der Waals surface area contributed by atoms with E-state index < -0.39 is 29.5 Å². The van der Waals surface area contributed by atoms with E-state index in [1.807, 2.05) is 0 Å². The van der Waals surface area contributed by atoms with Gasteiger partial charge in [0.25, 0.3) is 5.91 Å². The maximum atomic E-state index is 13.4. The number of amides is 1. The number of nitrogens with zero attached hydrogens (tertiary/aromatic N) is 1. The van der Waals surface area contributed by atoms with Gasteiger partial charge in [-0.25, -0.2) is 9.18 Å². The molecule has 1 aliphatic heterocycles. The first-order valence-electron chi connectivity index (χ1n) is 7.89. The minimum Gasteiger partial charge on any atom is -0.480 e. The van der Waals surface area contributed by atoms with Crippen molar-refractivity contribution in [3.05, 3.63) is 35.6 Å². The Morgan fingerprint density at radius 1 is 1.35 bits per heavy atom. The van der Waals surface area contributed by atoms with Gasteiger partial charge in [0.15, 0.2) is 6.04 Å². The van der Waals surface area contributed by atoms with E-state index in [4.69, 9.17) is 4.74 Å². The summed E-state index contributed by atoms with van der Waals surface area (Å²) in [6.45, 7) is 2.11. The van der Waals surface area contributed by atoms with Gasteiger partial charge in [0.05, 0.1) is 6.61 Å². The zero-order chi connectivity index (χ0) is 16.6. The summed E-state index contributed by atoms with van der Waals surface area (Å²) in [4.78, 5) is 25.8. The highest BCUT2D eigenvalue weighted by Crippen LogP contribution is 2.43. The minimum atomic E-state index is -1.09. The van der Waals surface area contributed by atoms with Crippen molar-refractivity contribution in [3.8, 4) is 0 Å². The Kier molecular flexibility index (Phi) is 4.10. The van der Waals surface area contributed by atoms with Crippen LogP contribution in [0.15, 0.2) is 24.3 Å². The summed E-state index contributed by atoms with van der Waals surface area (Å²) in [5.74, 6) is -1.57. The number of aliphatic carboxylic acids is 1. The largest absolute Gasteiger partial charge is 0.480 e. The van der Waals surface area contributed by atoms with Crippen molar-refractivity contribution >= 4 is 11.9 Å². The van der Waals surface area contributed by atoms with Gasteiger partial charge in [0, 0.05) is 5.56 Å². The number of carboxylic acid groups (broad SMARTS) is 1. The third kappa shape index (κ3) is 2.83. The number of ether oxygens (including phenoxy) is 1. The van der Waals surface area contributed by atoms with Crippen LogP contribution in [0.2, 0.25) is 0 Å². The van der Waals surface area contributed by atoms with E-state index in [-0.39, 0.29) is 12.2 Å². The molecule has 2 aliphatic rings. The second kappa shape index (κ2) is 5.92. The van der Waals surface area contributed by atoms with E-state index in [1.165, 1.54) is 23.1 Å². The number of carboxylic acids is 1. The van der Waals surface area contributed by atoms with Crippen LogP contribution in [0.1, 0.15) is 43.0 Å². The average molecular weight is 321 g/mol. The molecule has 2 fully saturated rings. The monoisotopic (exact) mass is 321 g/mol. The molecule has 1 aromatic carbocycles. The lowest BCUT2D eigenvalue weighted by atomic mass is 9.83. The molecule has 5 nitrogen and oxygen atoms in total. The molecule has 1 heterocycles. The first-order valence-corrected chi connectivity index (χ1v) is 7.89. The summed E-state index contributed by atoms with van der Waals surface area (Å²) in [7, 11) is 0. The zero-order valence-corrected chi connectivity index (χ0v) is 13.0. The molecule has 1 N–H and O–H groups in total. The molecule has 0 radical (unpaired) electrons. The second-order valence-electron chi connectivity index (χ2n) is 6.48. The molecule has 3 rings (SSSR count). The summed E-state index contributed by atoms with van der Waals surface area (Å²) in [5, 5.41) is 9.45. The molecule has 0 aromatic heterocycles. The molecule has 1 saturated heterocycles. The lowest BCUT2D eigenvalue weighted by Crippen LogP contribution is -2.55. The van der Waals surface area contributed by atoms with Crippen LogP contribution in [0.3, 0.4) is 0 Å². The summed E-state index contributed by atoms with van der Waals surface area (Å²) >= 11 is 0. The number of carbonyl (C=O) groups is 2. The Morgan fingerprint density at radius 2 is 2.04 bits per heavy atom. The molecule has 6 heteroatoms. The van der Waals surface area contributed by atoms with Crippen molar-refractivity contribution in [1.29, 1.82) is 0 Å². The third-order valence-corrected chi connectivity index (χ3v) is 4.89. The van der Waals surface area contributed by atoms with Crippen LogP contribution < -0.4 is 0 Å². The van der Waals surface area contributed by atoms with Crippen molar-refractivity contribution in [2.24, 2.45) is 5.92 Å². The number of rotatable bonds is 2. The Balaban J connectivity index is 1.96. The van der Waals surface area contributed by atoms with Gasteiger partial charge < -0.3 is 9.84 Å². The standard InChI is InChI=1S/C17H20FNO4/c1-11-5-7-17(8-6-11)19(14(10-23-17)16(21)22)15(20)12-3-2-4-13(18)9-12/h2-4,9,11,14H,5-8,10H2,1H3,(H,21,22)/t11?,14-,17?/m1/s1. The van der Waals surface area contributed by atoms with Gasteiger partial charge in [-0.1, -0.05) is 13.0 Å². The van der Waals surface area contributed by atoms with Crippen molar-refractivity contribution in [2.75, 3.05) is 6.61 Å². The molecule has 1 saturated carbocycles. The third-order valence-electron chi connectivity index (χ3n) is 4.89. The Bertz CT molecular complexity index is 625. The molecular formula is C17H20FNO4. The topological polar surface area (TPSA) is 66.8 Å². The highest BCUT2D eigenvalue weighted by molar-refractivity contribution is 5.97. The van der Waals surface area contributed by atoms with Crippen LogP contribution in [-0.4, -0.2) is 40.3 Å². The number of hydrogen-bond donors (Lipinski definition) is 1. The molecular weight excluding hydrogens is 301 g/mol. The van der Waals surface area contributed by atoms with Gasteiger partial charge in [0.2, 0.25) is 0 Å². The van der Waals surface area contributed by atoms with Crippen molar-refractivity contribution < 1.29 is 23.8 Å². The molecule has 0 unspecified atom stereocenters. The fourth-order valence-electron chi connectivity index (χ4n) is 3.53. The van der Waals surface area contributed by atoms with Crippen molar-refractivity contribution in [2.45, 2.75) is 44.4 Å². The second-order valence-corrected chi connectivity index (χ2v) is 6.48. The maximum Gasteiger partial charge on any atom is 0.328 e. The zero-order valence-electron chi connectivity index (χ0n) is 13.0. The molecule has 1 aliphatic carbocycles. The van der Waals surface area contributed by atoms with Gasteiger partial charge in [-0.05, 0) is 49.8 Å². The first-order chi connectivity index (χ1) is 10.9. The number of hydrogen-bond acceptors (Lipinski definition) is 3. The Hall–Kier alpha value is -1.95. The molecule has 1 atom stereocenters. The van der Waals surface area contributed by atoms with Crippen LogP contribution in [-0.2, 0) is 9.53 Å². The Labute approximate surface area is 134 Å². The maximum absolute atomic E-state index is 13.4. The smallest absolute Gasteiger partial charge is 0.328 e. The van der Waals surface area contributed by atoms with Gasteiger partial charge in [0.1, 0.15) is 11.5 Å². The van der Waals surface area contributed by atoms with Crippen LogP contribution >= 0.6 is 0 Å². The highest BCUT2D eigenvalue weighted by atomic mass is 19.1. The molecule has 0 bridgehead atoms. The summed E-state index contributed by atoms with van der Waals surface area (Å²) in [6.07, 6.45) is 2.97. The average Bonchev–Trinajstić information content (AvgIpc) is 2.89. The Morgan fingerprint density at radius 3 is 2.65 bits per heavy atom. The SMILES string of the molecule is CC1CCC2(CC1)OC[C@H](C(=O)O)N2C(=O)c1cccc(F)c1. The summed E-state index contributed by atoms with van der Waals surface area (Å²) in [5.41, 5.74) is -0.723. The van der Waals surface area contributed by atoms with E-state index >= 15 is 0 Å². The minimum absolute atomic E-state index is 0.0230. The van der Waals surface area contributed by atoms with Crippen LogP contribution in [0.4, 0.5) is 4.39 Å². The van der Waals surface area contributed by atoms with E-state index in [1.54, 1.807) is 0 Å². The van der Waals surface area contributed by atoms with Crippen LogP contribution in [0.25, 0.3) is 0 Å². The lowest BCUT2D eigenvalue weighted by Gasteiger charge is -2.42. The van der Waals surface area contributed by atoms with Crippen molar-refractivity contribution in [3.63, 3.8) is 0 Å². The molecule has 23 heavy (non-hydrogen) atoms. The van der Waals surface area contributed by atoms with E-state index in [0.717, 1.165) is 18.9 Å². The predicted octanol–water partition coefficient (Wildman–Crippen LogP) is 2.66. The fraction of sp³-hybridized carbons (Fsp3) is 0.529. The highest BCUT2D eigenvalue weighted by Gasteiger charge is 2.53. The van der Waals surface area contributed by atoms with Crippen LogP contribution in [0, 0.1) is 11.7 Å². The van der Waals surface area contributed by atoms with Crippen molar-refractivity contribution in [1.82, 2.24) is 4.90 Å². The van der Waals surface area contributed by atoms with E-state index in [0.29, 0.717) is 18.8 Å². The normalized spacial score (nSPS) is 30.6. The molecule has 1 aromatic rings. The fourth-order valence-corrected chi connectivity index (χ4v) is 3.53. The molecule has 1 amide bonds. The number of halogens is 1. The van der Waals surface area contributed by atoms with Gasteiger partial charge in [-0.2, -0.15) is 0 Å². The van der Waals surface area contributed by atoms with Gasteiger partial charge >= 0.3 is 5.97 Å². The molecule has 1 spiro atoms. The van der Waals surface area contributed by atoms with Gasteiger partial charge in [-0.15, -0.1) is 0 Å². The lowest BCUT2D eigenvalue weighted by molar-refractivity contribution is -0.143. The quantitative estimate of drug-likeness (QED) is 0.909. The van der Waals surface area contributed by atoms with E-state index in [9.17, 15) is 19.1 Å². The molecule has 124 valence electrons. The van der Waals surface area contributed by atoms with E-state index in [2.05, 4.69) is 6.92 Å². The predicted molar refractivity (Wildman–Crippen MR) is 80.3 cm³/mol. The van der Waals surface area contributed by atoms with Gasteiger partial charge in [-0.3, -0.25) is 9.69 Å². The summed E-state index contributed by atoms with van der Waals surface area (Å²) in [6, 6.07) is 4.31.